The quantitative estimate of drug-likeness (QED) is 0.0667. The van der Waals surface area contributed by atoms with E-state index in [9.17, 15) is 14.4 Å². The summed E-state index contributed by atoms with van der Waals surface area (Å²) in [6, 6.07) is 17.6. The summed E-state index contributed by atoms with van der Waals surface area (Å²) >= 11 is 25.6. The minimum Gasteiger partial charge on any atom is -0.462 e. The van der Waals surface area contributed by atoms with Crippen LogP contribution in [0.5, 0.6) is 0 Å². The maximum atomic E-state index is 13.6. The summed E-state index contributed by atoms with van der Waals surface area (Å²) in [6.45, 7) is 2.48. The number of benzene rings is 3. The number of halogens is 4. The minimum absolute atomic E-state index is 0.0139. The molecule has 0 amide bonds. The Balaban J connectivity index is 1.36. The average Bonchev–Trinajstić information content (AvgIpc) is 3.44. The van der Waals surface area contributed by atoms with Crippen LogP contribution in [0.2, 0.25) is 20.1 Å². The van der Waals surface area contributed by atoms with Crippen molar-refractivity contribution in [3.8, 4) is 5.69 Å². The summed E-state index contributed by atoms with van der Waals surface area (Å²) in [5.74, 6) is -0.522. The standard InChI is InChI=1S/C40H47Cl4N3O5/c1-2-3-4-5-6-7-8-9-10-11-12-13-14-18-23-51-39(49)30-21-22-32(42)35(24-30)45-36-27-37(48)47(38-33(43)25-31(41)26-34(38)44)46(36)40(50)52-28-29-19-16-15-17-20-29/h15-17,19-22,24-27,45H,2-14,18,23,28H2,1H3. The number of nitrogens with one attached hydrogen (secondary N) is 1. The van der Waals surface area contributed by atoms with E-state index in [-0.39, 0.29) is 49.5 Å². The van der Waals surface area contributed by atoms with Crippen LogP contribution in [-0.4, -0.2) is 28.0 Å². The van der Waals surface area contributed by atoms with Crippen LogP contribution in [0.15, 0.2) is 71.5 Å². The molecule has 4 rings (SSSR count). The Morgan fingerprint density at radius 1 is 0.673 bits per heavy atom. The van der Waals surface area contributed by atoms with Crippen molar-refractivity contribution in [1.82, 2.24) is 9.36 Å². The van der Waals surface area contributed by atoms with Crippen LogP contribution in [0.4, 0.5) is 16.3 Å². The first-order chi connectivity index (χ1) is 25.2. The zero-order chi connectivity index (χ0) is 37.3. The Labute approximate surface area is 326 Å². The Bertz CT molecular complexity index is 1790. The maximum absolute atomic E-state index is 13.6. The number of hydrogen-bond donors (Lipinski definition) is 1. The topological polar surface area (TPSA) is 91.6 Å². The van der Waals surface area contributed by atoms with Gasteiger partial charge in [-0.05, 0) is 42.3 Å². The lowest BCUT2D eigenvalue weighted by molar-refractivity contribution is 0.0497. The van der Waals surface area contributed by atoms with Crippen molar-refractivity contribution in [1.29, 1.82) is 0 Å². The molecule has 0 aliphatic carbocycles. The third-order valence-corrected chi connectivity index (χ3v) is 9.79. The van der Waals surface area contributed by atoms with Gasteiger partial charge in [0.1, 0.15) is 18.1 Å². The number of nitrogens with zero attached hydrogens (tertiary/aromatic N) is 2. The smallest absolute Gasteiger partial charge is 0.435 e. The molecule has 0 saturated heterocycles. The van der Waals surface area contributed by atoms with E-state index in [4.69, 9.17) is 55.9 Å². The predicted molar refractivity (Wildman–Crippen MR) is 212 cm³/mol. The van der Waals surface area contributed by atoms with Crippen molar-refractivity contribution in [3.05, 3.63) is 108 Å². The molecule has 0 fully saturated rings. The molecule has 0 radical (unpaired) electrons. The number of esters is 1. The zero-order valence-corrected chi connectivity index (χ0v) is 32.6. The number of aromatic nitrogens is 2. The van der Waals surface area contributed by atoms with Crippen molar-refractivity contribution in [2.75, 3.05) is 11.9 Å². The Morgan fingerprint density at radius 3 is 1.85 bits per heavy atom. The summed E-state index contributed by atoms with van der Waals surface area (Å²) in [5, 5.41) is 3.55. The van der Waals surface area contributed by atoms with Gasteiger partial charge in [-0.3, -0.25) is 4.79 Å². The fraction of sp³-hybridized carbons (Fsp3) is 0.425. The first kappa shape index (κ1) is 41.3. The van der Waals surface area contributed by atoms with Gasteiger partial charge >= 0.3 is 12.1 Å². The molecule has 0 unspecified atom stereocenters. The Kier molecular flexibility index (Phi) is 17.4. The Hall–Kier alpha value is -3.43. The molecule has 12 heteroatoms. The third kappa shape index (κ3) is 12.6. The van der Waals surface area contributed by atoms with E-state index in [0.717, 1.165) is 34.2 Å². The van der Waals surface area contributed by atoms with Gasteiger partial charge in [-0.15, -0.1) is 0 Å². The SMILES string of the molecule is CCCCCCCCCCCCCCCCOC(=O)c1ccc(Cl)c(Nc2cc(=O)n(-c3c(Cl)cc(Cl)cc3Cl)n2C(=O)OCc2ccccc2)c1. The van der Waals surface area contributed by atoms with Gasteiger partial charge in [-0.2, -0.15) is 4.68 Å². The van der Waals surface area contributed by atoms with Crippen LogP contribution in [0.3, 0.4) is 0 Å². The van der Waals surface area contributed by atoms with Gasteiger partial charge in [0.2, 0.25) is 0 Å². The molecule has 0 atom stereocenters. The van der Waals surface area contributed by atoms with E-state index in [1.165, 1.54) is 101 Å². The Morgan fingerprint density at radius 2 is 1.25 bits per heavy atom. The molecule has 0 bridgehead atoms. The minimum atomic E-state index is -0.907. The van der Waals surface area contributed by atoms with E-state index in [0.29, 0.717) is 6.61 Å². The van der Waals surface area contributed by atoms with Crippen molar-refractivity contribution in [2.45, 2.75) is 103 Å². The largest absolute Gasteiger partial charge is 0.462 e. The molecule has 52 heavy (non-hydrogen) atoms. The molecule has 0 aliphatic rings. The number of ether oxygens (including phenoxy) is 2. The maximum Gasteiger partial charge on any atom is 0.435 e. The lowest BCUT2D eigenvalue weighted by Gasteiger charge is -2.17. The number of anilines is 2. The molecule has 0 saturated carbocycles. The highest BCUT2D eigenvalue weighted by Gasteiger charge is 2.25. The van der Waals surface area contributed by atoms with Gasteiger partial charge in [-0.1, -0.05) is 167 Å². The average molecular weight is 792 g/mol. The summed E-state index contributed by atoms with van der Waals surface area (Å²) in [4.78, 5) is 40.0. The van der Waals surface area contributed by atoms with E-state index >= 15 is 0 Å². The van der Waals surface area contributed by atoms with Crippen LogP contribution in [0.25, 0.3) is 5.69 Å². The molecule has 3 aromatic carbocycles. The molecule has 280 valence electrons. The molecule has 0 aliphatic heterocycles. The monoisotopic (exact) mass is 789 g/mol. The van der Waals surface area contributed by atoms with Crippen molar-refractivity contribution in [2.24, 2.45) is 0 Å². The van der Waals surface area contributed by atoms with E-state index in [2.05, 4.69) is 12.2 Å². The van der Waals surface area contributed by atoms with Gasteiger partial charge in [0.25, 0.3) is 5.56 Å². The van der Waals surface area contributed by atoms with Crippen LogP contribution in [-0.2, 0) is 16.1 Å². The van der Waals surface area contributed by atoms with Crippen LogP contribution < -0.4 is 10.9 Å². The zero-order valence-electron chi connectivity index (χ0n) is 29.6. The van der Waals surface area contributed by atoms with Crippen LogP contribution >= 0.6 is 46.4 Å². The van der Waals surface area contributed by atoms with Crippen molar-refractivity contribution in [3.63, 3.8) is 0 Å². The summed E-state index contributed by atoms with van der Waals surface area (Å²) in [7, 11) is 0. The molecule has 1 N–H and O–H groups in total. The molecule has 0 spiro atoms. The van der Waals surface area contributed by atoms with Crippen LogP contribution in [0, 0.1) is 0 Å². The van der Waals surface area contributed by atoms with E-state index in [1.54, 1.807) is 18.2 Å². The second-order valence-electron chi connectivity index (χ2n) is 12.8. The van der Waals surface area contributed by atoms with E-state index in [1.807, 2.05) is 18.2 Å². The molecular formula is C40H47Cl4N3O5. The predicted octanol–water partition coefficient (Wildman–Crippen LogP) is 12.8. The lowest BCUT2D eigenvalue weighted by Crippen LogP contribution is -2.28. The summed E-state index contributed by atoms with van der Waals surface area (Å²) in [6.07, 6.45) is 16.5. The van der Waals surface area contributed by atoms with Crippen LogP contribution in [0.1, 0.15) is 113 Å². The van der Waals surface area contributed by atoms with Crippen molar-refractivity contribution < 1.29 is 19.1 Å². The molecule has 1 heterocycles. The normalized spacial score (nSPS) is 11.1. The first-order valence-electron chi connectivity index (χ1n) is 18.1. The molecule has 8 nitrogen and oxygen atoms in total. The number of rotatable bonds is 21. The van der Waals surface area contributed by atoms with Gasteiger partial charge < -0.3 is 14.8 Å². The lowest BCUT2D eigenvalue weighted by atomic mass is 10.0. The number of unbranched alkanes of at least 4 members (excludes halogenated alkanes) is 13. The van der Waals surface area contributed by atoms with Gasteiger partial charge in [0, 0.05) is 11.1 Å². The molecule has 1 aromatic heterocycles. The summed E-state index contributed by atoms with van der Waals surface area (Å²) in [5.41, 5.74) is 0.612. The second kappa shape index (κ2) is 21.9. The van der Waals surface area contributed by atoms with Gasteiger partial charge in [0.15, 0.2) is 0 Å². The van der Waals surface area contributed by atoms with Crippen molar-refractivity contribution >= 4 is 70.0 Å². The first-order valence-corrected chi connectivity index (χ1v) is 19.7. The fourth-order valence-corrected chi connectivity index (χ4v) is 7.01. The fourth-order valence-electron chi connectivity index (χ4n) is 5.87. The molecule has 4 aromatic rings. The number of hydrogen-bond acceptors (Lipinski definition) is 6. The highest BCUT2D eigenvalue weighted by molar-refractivity contribution is 6.40. The highest BCUT2D eigenvalue weighted by Crippen LogP contribution is 2.33. The van der Waals surface area contributed by atoms with Gasteiger partial charge in [-0.25, -0.2) is 14.3 Å². The van der Waals surface area contributed by atoms with E-state index < -0.39 is 17.6 Å². The van der Waals surface area contributed by atoms with Gasteiger partial charge in [0.05, 0.1) is 32.9 Å². The number of carbonyl (C=O) groups excluding carboxylic acids is 2. The number of carbonyl (C=O) groups is 2. The third-order valence-electron chi connectivity index (χ3n) is 8.66. The molecular weight excluding hydrogens is 744 g/mol. The summed E-state index contributed by atoms with van der Waals surface area (Å²) < 4.78 is 13.1. The highest BCUT2D eigenvalue weighted by atomic mass is 35.5. The second-order valence-corrected chi connectivity index (χ2v) is 14.5.